The molecule has 2 nitrogen and oxygen atoms in total. The Morgan fingerprint density at radius 2 is 1.69 bits per heavy atom. The lowest BCUT2D eigenvalue weighted by Crippen LogP contribution is -2.46. The lowest BCUT2D eigenvalue weighted by molar-refractivity contribution is -0.0965. The normalized spacial score (nSPS) is 42.0. The van der Waals surface area contributed by atoms with Crippen molar-refractivity contribution in [2.24, 2.45) is 17.8 Å². The van der Waals surface area contributed by atoms with Crippen LogP contribution in [0.25, 0.3) is 0 Å². The van der Waals surface area contributed by atoms with Gasteiger partial charge in [0.2, 0.25) is 0 Å². The van der Waals surface area contributed by atoms with Crippen molar-refractivity contribution in [2.45, 2.75) is 52.2 Å². The summed E-state index contributed by atoms with van der Waals surface area (Å²) < 4.78 is 0. The number of hydrogen-bond acceptors (Lipinski definition) is 2. The molecule has 1 fully saturated rings. The van der Waals surface area contributed by atoms with Crippen LogP contribution in [0.3, 0.4) is 0 Å². The standard InChI is InChI=1S/C11H22O2/c1-7-5-6-9(11(3,4)13)10(12)8(7)2/h7-10,12-13H,5-6H2,1-4H3/t7?,8?,9?,10-/m1/s1. The molecule has 0 aromatic rings. The van der Waals surface area contributed by atoms with Crippen molar-refractivity contribution in [1.29, 1.82) is 0 Å². The van der Waals surface area contributed by atoms with E-state index in [-0.39, 0.29) is 12.0 Å². The summed E-state index contributed by atoms with van der Waals surface area (Å²) in [5.41, 5.74) is -0.742. The van der Waals surface area contributed by atoms with E-state index in [0.717, 1.165) is 12.8 Å². The molecule has 0 spiro atoms. The summed E-state index contributed by atoms with van der Waals surface area (Å²) in [5, 5.41) is 19.8. The third kappa shape index (κ3) is 2.23. The largest absolute Gasteiger partial charge is 0.392 e. The molecule has 3 unspecified atom stereocenters. The van der Waals surface area contributed by atoms with E-state index >= 15 is 0 Å². The molecular weight excluding hydrogens is 164 g/mol. The van der Waals surface area contributed by atoms with Crippen LogP contribution in [0.2, 0.25) is 0 Å². The Morgan fingerprint density at radius 1 is 1.15 bits per heavy atom. The molecule has 78 valence electrons. The average Bonchev–Trinajstić information content (AvgIpc) is 1.98. The van der Waals surface area contributed by atoms with Gasteiger partial charge in [0.25, 0.3) is 0 Å². The molecule has 0 heterocycles. The van der Waals surface area contributed by atoms with Gasteiger partial charge in [0.05, 0.1) is 11.7 Å². The molecule has 1 saturated carbocycles. The first-order valence-corrected chi connectivity index (χ1v) is 5.24. The van der Waals surface area contributed by atoms with Gasteiger partial charge in [0, 0.05) is 5.92 Å². The van der Waals surface area contributed by atoms with Crippen molar-refractivity contribution >= 4 is 0 Å². The third-order valence-electron chi connectivity index (χ3n) is 3.69. The molecule has 4 atom stereocenters. The highest BCUT2D eigenvalue weighted by Crippen LogP contribution is 2.38. The smallest absolute Gasteiger partial charge is 0.0644 e. The van der Waals surface area contributed by atoms with Crippen molar-refractivity contribution in [1.82, 2.24) is 0 Å². The second-order valence-corrected chi connectivity index (χ2v) is 5.16. The maximum absolute atomic E-state index is 9.98. The Kier molecular flexibility index (Phi) is 3.03. The Balaban J connectivity index is 2.70. The SMILES string of the molecule is CC1CCC(C(C)(C)O)[C@H](O)C1C. The highest BCUT2D eigenvalue weighted by Gasteiger charge is 2.40. The van der Waals surface area contributed by atoms with Crippen molar-refractivity contribution in [3.05, 3.63) is 0 Å². The Hall–Kier alpha value is -0.0800. The predicted octanol–water partition coefficient (Wildman–Crippen LogP) is 1.80. The van der Waals surface area contributed by atoms with Crippen LogP contribution in [0.5, 0.6) is 0 Å². The summed E-state index contributed by atoms with van der Waals surface area (Å²) in [4.78, 5) is 0. The molecule has 2 heteroatoms. The quantitative estimate of drug-likeness (QED) is 0.655. The van der Waals surface area contributed by atoms with E-state index in [9.17, 15) is 10.2 Å². The first-order valence-electron chi connectivity index (χ1n) is 5.24. The van der Waals surface area contributed by atoms with Crippen LogP contribution in [-0.2, 0) is 0 Å². The summed E-state index contributed by atoms with van der Waals surface area (Å²) in [6.07, 6.45) is 1.71. The van der Waals surface area contributed by atoms with E-state index in [4.69, 9.17) is 0 Å². The van der Waals surface area contributed by atoms with Crippen LogP contribution in [0.1, 0.15) is 40.5 Å². The van der Waals surface area contributed by atoms with E-state index < -0.39 is 5.60 Å². The minimum atomic E-state index is -0.742. The average molecular weight is 186 g/mol. The van der Waals surface area contributed by atoms with Crippen molar-refractivity contribution in [3.8, 4) is 0 Å². The minimum absolute atomic E-state index is 0.0405. The minimum Gasteiger partial charge on any atom is -0.392 e. The second kappa shape index (κ2) is 3.58. The van der Waals surface area contributed by atoms with Crippen LogP contribution in [0.4, 0.5) is 0 Å². The molecule has 2 N–H and O–H groups in total. The topological polar surface area (TPSA) is 40.5 Å². The maximum atomic E-state index is 9.98. The van der Waals surface area contributed by atoms with Gasteiger partial charge in [0.1, 0.15) is 0 Å². The monoisotopic (exact) mass is 186 g/mol. The van der Waals surface area contributed by atoms with Gasteiger partial charge in [-0.1, -0.05) is 13.8 Å². The van der Waals surface area contributed by atoms with Gasteiger partial charge < -0.3 is 10.2 Å². The number of aliphatic hydroxyl groups excluding tert-OH is 1. The molecule has 0 bridgehead atoms. The summed E-state index contributed by atoms with van der Waals surface area (Å²) in [7, 11) is 0. The fourth-order valence-electron chi connectivity index (χ4n) is 2.35. The van der Waals surface area contributed by atoms with Crippen LogP contribution in [-0.4, -0.2) is 21.9 Å². The highest BCUT2D eigenvalue weighted by atomic mass is 16.3. The molecule has 0 radical (unpaired) electrons. The summed E-state index contributed by atoms with van der Waals surface area (Å²) in [6.45, 7) is 7.84. The summed E-state index contributed by atoms with van der Waals surface area (Å²) >= 11 is 0. The van der Waals surface area contributed by atoms with Gasteiger partial charge in [-0.15, -0.1) is 0 Å². The van der Waals surface area contributed by atoms with Gasteiger partial charge in [-0.05, 0) is 38.5 Å². The van der Waals surface area contributed by atoms with E-state index in [1.54, 1.807) is 13.8 Å². The van der Waals surface area contributed by atoms with E-state index in [2.05, 4.69) is 13.8 Å². The predicted molar refractivity (Wildman–Crippen MR) is 53.4 cm³/mol. The van der Waals surface area contributed by atoms with Crippen molar-refractivity contribution < 1.29 is 10.2 Å². The molecular formula is C11H22O2. The summed E-state index contributed by atoms with van der Waals surface area (Å²) in [6, 6.07) is 0. The van der Waals surface area contributed by atoms with Crippen LogP contribution >= 0.6 is 0 Å². The van der Waals surface area contributed by atoms with Gasteiger partial charge in [-0.25, -0.2) is 0 Å². The Morgan fingerprint density at radius 3 is 2.15 bits per heavy atom. The molecule has 0 aromatic heterocycles. The van der Waals surface area contributed by atoms with E-state index in [0.29, 0.717) is 11.8 Å². The number of rotatable bonds is 1. The van der Waals surface area contributed by atoms with E-state index in [1.165, 1.54) is 0 Å². The molecule has 0 saturated heterocycles. The van der Waals surface area contributed by atoms with Crippen LogP contribution < -0.4 is 0 Å². The van der Waals surface area contributed by atoms with Gasteiger partial charge >= 0.3 is 0 Å². The van der Waals surface area contributed by atoms with Gasteiger partial charge in [0.15, 0.2) is 0 Å². The molecule has 1 aliphatic rings. The molecule has 13 heavy (non-hydrogen) atoms. The summed E-state index contributed by atoms with van der Waals surface area (Å²) in [5.74, 6) is 0.928. The Labute approximate surface area is 81.0 Å². The number of aliphatic hydroxyl groups is 2. The fraction of sp³-hybridized carbons (Fsp3) is 1.00. The zero-order valence-electron chi connectivity index (χ0n) is 9.12. The second-order valence-electron chi connectivity index (χ2n) is 5.16. The Bertz CT molecular complexity index is 171. The lowest BCUT2D eigenvalue weighted by Gasteiger charge is -2.42. The third-order valence-corrected chi connectivity index (χ3v) is 3.69. The molecule has 0 aliphatic heterocycles. The zero-order chi connectivity index (χ0) is 10.2. The van der Waals surface area contributed by atoms with Crippen LogP contribution in [0.15, 0.2) is 0 Å². The maximum Gasteiger partial charge on any atom is 0.0644 e. The highest BCUT2D eigenvalue weighted by molar-refractivity contribution is 4.91. The fourth-order valence-corrected chi connectivity index (χ4v) is 2.35. The molecule has 0 aromatic carbocycles. The zero-order valence-corrected chi connectivity index (χ0v) is 9.12. The first-order chi connectivity index (χ1) is 5.84. The lowest BCUT2D eigenvalue weighted by atomic mass is 9.68. The number of hydrogen-bond donors (Lipinski definition) is 2. The van der Waals surface area contributed by atoms with Crippen LogP contribution in [0, 0.1) is 17.8 Å². The molecule has 0 amide bonds. The van der Waals surface area contributed by atoms with E-state index in [1.807, 2.05) is 0 Å². The first kappa shape index (κ1) is 11.0. The molecule has 1 rings (SSSR count). The van der Waals surface area contributed by atoms with Gasteiger partial charge in [-0.2, -0.15) is 0 Å². The van der Waals surface area contributed by atoms with Gasteiger partial charge in [-0.3, -0.25) is 0 Å². The van der Waals surface area contributed by atoms with Crippen molar-refractivity contribution in [3.63, 3.8) is 0 Å². The molecule has 1 aliphatic carbocycles. The van der Waals surface area contributed by atoms with Crippen molar-refractivity contribution in [2.75, 3.05) is 0 Å².